The van der Waals surface area contributed by atoms with Gasteiger partial charge in [-0.05, 0) is 67.9 Å². The fourth-order valence-corrected chi connectivity index (χ4v) is 4.09. The smallest absolute Gasteiger partial charge is 0.263 e. The summed E-state index contributed by atoms with van der Waals surface area (Å²) in [4.78, 5) is 9.21. The summed E-state index contributed by atoms with van der Waals surface area (Å²) >= 11 is 0. The topological polar surface area (TPSA) is 93.2 Å². The molecule has 0 amide bonds. The average Bonchev–Trinajstić information content (AvgIpc) is 2.75. The van der Waals surface area contributed by atoms with Crippen molar-refractivity contribution in [1.82, 2.24) is 9.97 Å². The van der Waals surface area contributed by atoms with E-state index in [1.54, 1.807) is 18.2 Å². The molecule has 0 bridgehead atoms. The number of sulfonamides is 1. The maximum atomic E-state index is 13.0. The molecule has 0 spiro atoms. The summed E-state index contributed by atoms with van der Waals surface area (Å²) in [5.41, 5.74) is 3.09. The highest BCUT2D eigenvalue weighted by molar-refractivity contribution is 7.92. The Morgan fingerprint density at radius 1 is 0.871 bits per heavy atom. The van der Waals surface area contributed by atoms with Crippen molar-refractivity contribution in [3.05, 3.63) is 78.4 Å². The summed E-state index contributed by atoms with van der Waals surface area (Å²) in [5, 5.41) is 3.18. The molecule has 0 unspecified atom stereocenters. The minimum absolute atomic E-state index is 0.104. The van der Waals surface area contributed by atoms with Gasteiger partial charge in [0.1, 0.15) is 5.75 Å². The minimum Gasteiger partial charge on any atom is -0.494 e. The zero-order valence-electron chi connectivity index (χ0n) is 17.2. The third-order valence-corrected chi connectivity index (χ3v) is 5.88. The van der Waals surface area contributed by atoms with Gasteiger partial charge >= 0.3 is 0 Å². The van der Waals surface area contributed by atoms with E-state index in [-0.39, 0.29) is 10.7 Å². The number of ether oxygens (including phenoxy) is 1. The maximum absolute atomic E-state index is 13.0. The predicted octanol–water partition coefficient (Wildman–Crippen LogP) is 4.88. The van der Waals surface area contributed by atoms with E-state index in [1.165, 1.54) is 12.1 Å². The number of benzene rings is 3. The summed E-state index contributed by atoms with van der Waals surface area (Å²) in [7, 11) is -3.88. The van der Waals surface area contributed by atoms with Gasteiger partial charge in [-0.1, -0.05) is 24.3 Å². The Morgan fingerprint density at radius 2 is 1.55 bits per heavy atom. The van der Waals surface area contributed by atoms with Crippen LogP contribution in [-0.2, 0) is 10.0 Å². The molecular weight excluding hydrogens is 412 g/mol. The molecule has 158 valence electrons. The molecule has 7 nitrogen and oxygen atoms in total. The zero-order valence-corrected chi connectivity index (χ0v) is 18.0. The van der Waals surface area contributed by atoms with E-state index in [0.29, 0.717) is 29.2 Å². The summed E-state index contributed by atoms with van der Waals surface area (Å²) in [6.45, 7) is 4.35. The van der Waals surface area contributed by atoms with Crippen LogP contribution in [0.25, 0.3) is 11.0 Å². The molecule has 0 aliphatic rings. The van der Waals surface area contributed by atoms with Gasteiger partial charge < -0.3 is 10.1 Å². The van der Waals surface area contributed by atoms with Crippen LogP contribution >= 0.6 is 0 Å². The third-order valence-electron chi connectivity index (χ3n) is 4.53. The van der Waals surface area contributed by atoms with Gasteiger partial charge in [-0.25, -0.2) is 18.4 Å². The lowest BCUT2D eigenvalue weighted by Gasteiger charge is -2.14. The van der Waals surface area contributed by atoms with Crippen LogP contribution in [0.3, 0.4) is 0 Å². The van der Waals surface area contributed by atoms with Crippen molar-refractivity contribution in [2.75, 3.05) is 16.6 Å². The monoisotopic (exact) mass is 434 g/mol. The SMILES string of the molecule is CCOc1ccc(S(=O)(=O)Nc2nc3ccccc3nc2Nc2cccc(C)c2)cc1. The van der Waals surface area contributed by atoms with Crippen LogP contribution in [-0.4, -0.2) is 25.0 Å². The molecule has 1 aromatic heterocycles. The summed E-state index contributed by atoms with van der Waals surface area (Å²) in [5.74, 6) is 1.04. The highest BCUT2D eigenvalue weighted by atomic mass is 32.2. The minimum atomic E-state index is -3.88. The molecule has 31 heavy (non-hydrogen) atoms. The van der Waals surface area contributed by atoms with Gasteiger partial charge in [0.15, 0.2) is 11.6 Å². The van der Waals surface area contributed by atoms with E-state index in [4.69, 9.17) is 4.74 Å². The van der Waals surface area contributed by atoms with Gasteiger partial charge in [-0.3, -0.25) is 4.72 Å². The van der Waals surface area contributed by atoms with Gasteiger partial charge in [0.2, 0.25) is 0 Å². The van der Waals surface area contributed by atoms with Crippen LogP contribution < -0.4 is 14.8 Å². The number of nitrogens with one attached hydrogen (secondary N) is 2. The first kappa shape index (κ1) is 20.6. The number of hydrogen-bond acceptors (Lipinski definition) is 6. The van der Waals surface area contributed by atoms with Crippen LogP contribution in [0.1, 0.15) is 12.5 Å². The highest BCUT2D eigenvalue weighted by Gasteiger charge is 2.19. The highest BCUT2D eigenvalue weighted by Crippen LogP contribution is 2.27. The van der Waals surface area contributed by atoms with Crippen molar-refractivity contribution < 1.29 is 13.2 Å². The van der Waals surface area contributed by atoms with Crippen molar-refractivity contribution >= 4 is 38.4 Å². The Bertz CT molecular complexity index is 1320. The first-order chi connectivity index (χ1) is 14.9. The van der Waals surface area contributed by atoms with Crippen molar-refractivity contribution in [3.8, 4) is 5.75 Å². The molecule has 0 saturated heterocycles. The Labute approximate surface area is 181 Å². The molecule has 4 aromatic rings. The number of para-hydroxylation sites is 2. The molecule has 3 aromatic carbocycles. The quantitative estimate of drug-likeness (QED) is 0.431. The average molecular weight is 435 g/mol. The molecule has 0 aliphatic heterocycles. The normalized spacial score (nSPS) is 11.3. The van der Waals surface area contributed by atoms with Crippen LogP contribution in [0.15, 0.2) is 77.7 Å². The number of anilines is 3. The number of rotatable bonds is 7. The fraction of sp³-hybridized carbons (Fsp3) is 0.130. The molecular formula is C23H22N4O3S. The maximum Gasteiger partial charge on any atom is 0.263 e. The number of hydrogen-bond donors (Lipinski definition) is 2. The van der Waals surface area contributed by atoms with Crippen molar-refractivity contribution in [2.45, 2.75) is 18.7 Å². The molecule has 0 saturated carbocycles. The number of aromatic nitrogens is 2. The first-order valence-electron chi connectivity index (χ1n) is 9.81. The number of aryl methyl sites for hydroxylation is 1. The van der Waals surface area contributed by atoms with Crippen LogP contribution in [0.4, 0.5) is 17.3 Å². The van der Waals surface area contributed by atoms with E-state index >= 15 is 0 Å². The Balaban J connectivity index is 1.72. The molecule has 0 radical (unpaired) electrons. The van der Waals surface area contributed by atoms with Crippen molar-refractivity contribution in [3.63, 3.8) is 0 Å². The molecule has 1 heterocycles. The lowest BCUT2D eigenvalue weighted by molar-refractivity contribution is 0.340. The Hall–Kier alpha value is -3.65. The lowest BCUT2D eigenvalue weighted by Crippen LogP contribution is -2.16. The summed E-state index contributed by atoms with van der Waals surface area (Å²) in [6.07, 6.45) is 0. The van der Waals surface area contributed by atoms with E-state index in [0.717, 1.165) is 11.3 Å². The van der Waals surface area contributed by atoms with Crippen LogP contribution in [0, 0.1) is 6.92 Å². The van der Waals surface area contributed by atoms with Crippen LogP contribution in [0.5, 0.6) is 5.75 Å². The molecule has 8 heteroatoms. The standard InChI is InChI=1S/C23H22N4O3S/c1-3-30-18-11-13-19(14-12-18)31(28,29)27-23-22(24-17-8-6-7-16(2)15-17)25-20-9-4-5-10-21(20)26-23/h4-15H,3H2,1-2H3,(H,24,25)(H,26,27). The van der Waals surface area contributed by atoms with E-state index in [1.807, 2.05) is 56.3 Å². The van der Waals surface area contributed by atoms with Crippen molar-refractivity contribution in [1.29, 1.82) is 0 Å². The first-order valence-corrected chi connectivity index (χ1v) is 11.3. The van der Waals surface area contributed by atoms with Gasteiger partial charge in [-0.2, -0.15) is 0 Å². The second-order valence-corrected chi connectivity index (χ2v) is 8.60. The number of fused-ring (bicyclic) bond motifs is 1. The zero-order chi connectivity index (χ0) is 21.8. The Morgan fingerprint density at radius 3 is 2.19 bits per heavy atom. The largest absolute Gasteiger partial charge is 0.494 e. The van der Waals surface area contributed by atoms with Gasteiger partial charge in [-0.15, -0.1) is 0 Å². The molecule has 0 atom stereocenters. The van der Waals surface area contributed by atoms with E-state index in [9.17, 15) is 8.42 Å². The number of nitrogens with zero attached hydrogens (tertiary/aromatic N) is 2. The van der Waals surface area contributed by atoms with Gasteiger partial charge in [0, 0.05) is 5.69 Å². The fourth-order valence-electron chi connectivity index (χ4n) is 3.09. The molecule has 0 aliphatic carbocycles. The molecule has 0 fully saturated rings. The second-order valence-electron chi connectivity index (χ2n) is 6.91. The van der Waals surface area contributed by atoms with E-state index in [2.05, 4.69) is 20.0 Å². The van der Waals surface area contributed by atoms with Crippen LogP contribution in [0.2, 0.25) is 0 Å². The second kappa shape index (κ2) is 8.61. The van der Waals surface area contributed by atoms with Gasteiger partial charge in [0.05, 0.1) is 22.5 Å². The molecule has 2 N–H and O–H groups in total. The van der Waals surface area contributed by atoms with E-state index < -0.39 is 10.0 Å². The van der Waals surface area contributed by atoms with Gasteiger partial charge in [0.25, 0.3) is 10.0 Å². The Kier molecular flexibility index (Phi) is 5.73. The lowest BCUT2D eigenvalue weighted by atomic mass is 10.2. The summed E-state index contributed by atoms with van der Waals surface area (Å²) < 4.78 is 34.0. The predicted molar refractivity (Wildman–Crippen MR) is 122 cm³/mol. The van der Waals surface area contributed by atoms with Crippen molar-refractivity contribution in [2.24, 2.45) is 0 Å². The molecule has 4 rings (SSSR count). The summed E-state index contributed by atoms with van der Waals surface area (Å²) in [6, 6.07) is 21.3. The third kappa shape index (κ3) is 4.75.